The van der Waals surface area contributed by atoms with Gasteiger partial charge in [0.25, 0.3) is 0 Å². The molecule has 25 heteroatoms. The van der Waals surface area contributed by atoms with E-state index in [-0.39, 0.29) is 22.3 Å². The van der Waals surface area contributed by atoms with Crippen molar-refractivity contribution in [1.29, 1.82) is 0 Å². The van der Waals surface area contributed by atoms with Crippen molar-refractivity contribution in [2.75, 3.05) is 26.9 Å². The van der Waals surface area contributed by atoms with Gasteiger partial charge in [0.05, 0.1) is 35.5 Å². The van der Waals surface area contributed by atoms with Crippen molar-refractivity contribution in [3.05, 3.63) is 138 Å². The van der Waals surface area contributed by atoms with Crippen molar-refractivity contribution in [2.45, 2.75) is 127 Å². The van der Waals surface area contributed by atoms with Crippen LogP contribution in [0.15, 0.2) is 115 Å². The molecule has 0 saturated carbocycles. The Balaban J connectivity index is 1.35. The Morgan fingerprint density at radius 1 is 0.402 bits per heavy atom. The zero-order chi connectivity index (χ0) is 59.0. The fourth-order valence-electron chi connectivity index (χ4n) is 8.90. The maximum atomic E-state index is 14.5. The van der Waals surface area contributed by atoms with E-state index in [1.165, 1.54) is 92.0 Å². The molecule has 25 nitrogen and oxygen atoms in total. The van der Waals surface area contributed by atoms with Crippen LogP contribution in [0, 0.1) is 0 Å². The van der Waals surface area contributed by atoms with Crippen LogP contribution in [0.3, 0.4) is 0 Å². The second kappa shape index (κ2) is 28.9. The van der Waals surface area contributed by atoms with E-state index >= 15 is 0 Å². The minimum absolute atomic E-state index is 0.0474. The van der Waals surface area contributed by atoms with Crippen LogP contribution in [0.4, 0.5) is 0 Å². The van der Waals surface area contributed by atoms with Gasteiger partial charge in [-0.05, 0) is 60.7 Å². The molecule has 0 amide bonds. The Bertz CT molecular complexity index is 2850. The van der Waals surface area contributed by atoms with Crippen molar-refractivity contribution >= 4 is 53.7 Å². The van der Waals surface area contributed by atoms with Gasteiger partial charge < -0.3 is 76.2 Å². The third kappa shape index (κ3) is 16.6. The first-order chi connectivity index (χ1) is 39.3. The number of aliphatic hydroxyl groups is 1. The maximum absolute atomic E-state index is 14.5. The van der Waals surface area contributed by atoms with Crippen molar-refractivity contribution in [2.24, 2.45) is 0 Å². The summed E-state index contributed by atoms with van der Waals surface area (Å²) >= 11 is 0. The van der Waals surface area contributed by atoms with Crippen molar-refractivity contribution in [3.63, 3.8) is 0 Å². The SMILES string of the molecule is COc1ccc(C(=O)OC[C@H]2O[C@@H](O)[C@H](OC(=O)c3ccccc3)C[C@@H]2O[C@@H]2O[C@H](COC(C)=O)[C@H](O[C@H]3O[C@H](COC(C)=O)[C@H](OC(C)=O)[C@H](OC(C)=O)[C@H]3OC(C)=O)[C@H](OC(=O)c3ccccc3)[C@H]2OC(=O)c2ccccc2)cc1. The molecule has 7 rings (SSSR count). The number of carbonyl (C=O) groups excluding carboxylic acids is 9. The zero-order valence-electron chi connectivity index (χ0n) is 45.1. The highest BCUT2D eigenvalue weighted by Gasteiger charge is 2.59. The molecule has 14 atom stereocenters. The summed E-state index contributed by atoms with van der Waals surface area (Å²) in [4.78, 5) is 119. The average molecular weight is 1150 g/mol. The van der Waals surface area contributed by atoms with E-state index in [2.05, 4.69) is 0 Å². The van der Waals surface area contributed by atoms with E-state index < -0.39 is 166 Å². The summed E-state index contributed by atoms with van der Waals surface area (Å²) in [6, 6.07) is 28.6. The highest BCUT2D eigenvalue weighted by Crippen LogP contribution is 2.38. The first-order valence-electron chi connectivity index (χ1n) is 25.6. The van der Waals surface area contributed by atoms with Crippen LogP contribution in [0.25, 0.3) is 0 Å². The van der Waals surface area contributed by atoms with E-state index in [0.29, 0.717) is 5.75 Å². The molecule has 438 valence electrons. The molecular weight excluding hydrogens is 1080 g/mol. The van der Waals surface area contributed by atoms with Crippen molar-refractivity contribution in [3.8, 4) is 5.75 Å². The molecule has 3 heterocycles. The summed E-state index contributed by atoms with van der Waals surface area (Å²) in [5.74, 6) is -8.05. The number of benzene rings is 4. The predicted octanol–water partition coefficient (Wildman–Crippen LogP) is 3.78. The van der Waals surface area contributed by atoms with Gasteiger partial charge in [0.1, 0.15) is 50.0 Å². The predicted molar refractivity (Wildman–Crippen MR) is 273 cm³/mol. The van der Waals surface area contributed by atoms with Gasteiger partial charge in [-0.3, -0.25) is 24.0 Å². The fourth-order valence-corrected chi connectivity index (χ4v) is 8.90. The lowest BCUT2D eigenvalue weighted by Gasteiger charge is -2.49. The molecule has 3 saturated heterocycles. The third-order valence-electron chi connectivity index (χ3n) is 12.6. The molecule has 0 spiro atoms. The second-order valence-corrected chi connectivity index (χ2v) is 18.6. The Morgan fingerprint density at radius 2 is 0.805 bits per heavy atom. The molecule has 4 aromatic rings. The number of rotatable bonds is 21. The quantitative estimate of drug-likeness (QED) is 0.0916. The largest absolute Gasteiger partial charge is 0.497 e. The Hall–Kier alpha value is -8.33. The van der Waals surface area contributed by atoms with Crippen LogP contribution >= 0.6 is 0 Å². The normalized spacial score (nSPS) is 26.7. The Kier molecular flexibility index (Phi) is 21.6. The maximum Gasteiger partial charge on any atom is 0.338 e. The molecule has 82 heavy (non-hydrogen) atoms. The van der Waals surface area contributed by atoms with Crippen LogP contribution in [-0.4, -0.2) is 172 Å². The third-order valence-corrected chi connectivity index (χ3v) is 12.6. The lowest BCUT2D eigenvalue weighted by molar-refractivity contribution is -0.369. The summed E-state index contributed by atoms with van der Waals surface area (Å²) in [5, 5.41) is 11.4. The molecule has 1 N–H and O–H groups in total. The van der Waals surface area contributed by atoms with Crippen molar-refractivity contribution in [1.82, 2.24) is 0 Å². The van der Waals surface area contributed by atoms with Crippen LogP contribution in [0.5, 0.6) is 5.75 Å². The van der Waals surface area contributed by atoms with E-state index in [1.54, 1.807) is 30.3 Å². The molecule has 3 fully saturated rings. The highest BCUT2D eigenvalue weighted by atomic mass is 16.8. The van der Waals surface area contributed by atoms with Crippen LogP contribution in [0.1, 0.15) is 82.5 Å². The standard InChI is InChI=1S/C57H60O25/c1-30(58)69-28-43-45(72-32(3)60)47(73-33(4)61)49(74-34(5)62)57(79-43)82-46-44(29-70-31(2)59)78-56(50(81-54(66)37-20-14-9-15-21-37)48(46)80-53(65)36-18-12-8-13-19-36)77-40-26-41(75-52(64)35-16-10-7-11-17-35)55(67)76-42(40)27-71-51(63)38-22-24-39(68-6)25-23-38/h7-25,40-50,55-57,67H,26-29H2,1-6H3/t40-,41+,42+,43+,44+,45-,46-,47-,48-,49+,50+,55+,56+,57+/m0/s1. The summed E-state index contributed by atoms with van der Waals surface area (Å²) in [6.07, 6.45) is -25.3. The van der Waals surface area contributed by atoms with Gasteiger partial charge in [0, 0.05) is 41.0 Å². The van der Waals surface area contributed by atoms with Gasteiger partial charge in [0.15, 0.2) is 55.5 Å². The zero-order valence-corrected chi connectivity index (χ0v) is 45.1. The van der Waals surface area contributed by atoms with Gasteiger partial charge in [-0.25, -0.2) is 19.2 Å². The molecule has 0 aromatic heterocycles. The van der Waals surface area contributed by atoms with Gasteiger partial charge in [-0.2, -0.15) is 0 Å². The second-order valence-electron chi connectivity index (χ2n) is 18.6. The van der Waals surface area contributed by atoms with Crippen LogP contribution in [0.2, 0.25) is 0 Å². The highest BCUT2D eigenvalue weighted by molar-refractivity contribution is 5.91. The summed E-state index contributed by atoms with van der Waals surface area (Å²) in [7, 11) is 1.44. The Labute approximate surface area is 469 Å². The van der Waals surface area contributed by atoms with Gasteiger partial charge in [-0.15, -0.1) is 0 Å². The molecule has 0 radical (unpaired) electrons. The number of methoxy groups -OCH3 is 1. The monoisotopic (exact) mass is 1140 g/mol. The molecule has 4 aromatic carbocycles. The number of esters is 9. The smallest absolute Gasteiger partial charge is 0.338 e. The first kappa shape index (κ1) is 61.3. The van der Waals surface area contributed by atoms with E-state index in [0.717, 1.165) is 34.6 Å². The Morgan fingerprint density at radius 3 is 1.29 bits per heavy atom. The molecule has 3 aliphatic heterocycles. The number of carbonyl (C=O) groups is 9. The summed E-state index contributed by atoms with van der Waals surface area (Å²) < 4.78 is 89.0. The molecule has 0 unspecified atom stereocenters. The topological polar surface area (TPSA) is 312 Å². The molecule has 0 aliphatic carbocycles. The lowest BCUT2D eigenvalue weighted by Crippen LogP contribution is -2.68. The average Bonchev–Trinajstić information content (AvgIpc) is 3.53. The summed E-state index contributed by atoms with van der Waals surface area (Å²) in [6.45, 7) is 3.01. The minimum Gasteiger partial charge on any atom is -0.497 e. The number of aliphatic hydroxyl groups excluding tert-OH is 1. The van der Waals surface area contributed by atoms with Gasteiger partial charge in [-0.1, -0.05) is 54.6 Å². The van der Waals surface area contributed by atoms with E-state index in [9.17, 15) is 48.3 Å². The summed E-state index contributed by atoms with van der Waals surface area (Å²) in [5.41, 5.74) is 0.0877. The van der Waals surface area contributed by atoms with Gasteiger partial charge >= 0.3 is 53.7 Å². The van der Waals surface area contributed by atoms with Gasteiger partial charge in [0.2, 0.25) is 0 Å². The molecule has 0 bridgehead atoms. The number of hydrogen-bond donors (Lipinski definition) is 1. The van der Waals surface area contributed by atoms with Crippen LogP contribution < -0.4 is 4.74 Å². The molecular formula is C57H60O25. The van der Waals surface area contributed by atoms with E-state index in [1.807, 2.05) is 0 Å². The molecule has 3 aliphatic rings. The minimum atomic E-state index is -2.02. The van der Waals surface area contributed by atoms with Crippen LogP contribution in [-0.2, 0) is 90.3 Å². The fraction of sp³-hybridized carbons (Fsp3) is 0.421. The number of ether oxygens (including phenoxy) is 15. The van der Waals surface area contributed by atoms with E-state index in [4.69, 9.17) is 71.1 Å². The number of hydrogen-bond acceptors (Lipinski definition) is 25. The first-order valence-corrected chi connectivity index (χ1v) is 25.6. The lowest BCUT2D eigenvalue weighted by atomic mass is 9.95. The van der Waals surface area contributed by atoms with Crippen molar-refractivity contribution < 1.29 is 119 Å².